The zero-order chi connectivity index (χ0) is 95.6. The van der Waals surface area contributed by atoms with Crippen LogP contribution in [0.5, 0.6) is 28.7 Å². The van der Waals surface area contributed by atoms with Crippen LogP contribution in [0.15, 0.2) is 117 Å². The molecule has 693 valence electrons. The van der Waals surface area contributed by atoms with Gasteiger partial charge in [-0.05, 0) is 304 Å². The Morgan fingerprint density at radius 2 is 0.740 bits per heavy atom. The van der Waals surface area contributed by atoms with Crippen molar-refractivity contribution < 1.29 is 101 Å². The minimum atomic E-state index is -0.639. The summed E-state index contributed by atoms with van der Waals surface area (Å²) in [4.78, 5) is 85.4. The second-order valence-electron chi connectivity index (χ2n) is 30.4. The summed E-state index contributed by atoms with van der Waals surface area (Å²) < 4.78 is 34.5. The number of carbonyl (C=O) groups is 5. The molecule has 6 fully saturated rings. The van der Waals surface area contributed by atoms with Crippen LogP contribution in [0.3, 0.4) is 0 Å². The molecule has 6 aliphatic rings. The number of piperidine rings is 6. The number of aldehydes is 1. The number of azide groups is 5. The van der Waals surface area contributed by atoms with Crippen molar-refractivity contribution in [3.63, 3.8) is 0 Å². The molecule has 5 aromatic rings. The van der Waals surface area contributed by atoms with Gasteiger partial charge < -0.3 is 66.2 Å². The van der Waals surface area contributed by atoms with Gasteiger partial charge in [0.05, 0.1) is 47.7 Å². The van der Waals surface area contributed by atoms with Gasteiger partial charge in [-0.1, -0.05) is 94.1 Å². The second kappa shape index (κ2) is 70.1. The first kappa shape index (κ1) is 115. The zero-order valence-electron chi connectivity index (χ0n) is 76.9. The summed E-state index contributed by atoms with van der Waals surface area (Å²) in [5.41, 5.74) is 48.0. The van der Waals surface area contributed by atoms with Crippen molar-refractivity contribution in [2.45, 2.75) is 156 Å². The van der Waals surface area contributed by atoms with Gasteiger partial charge in [0.2, 0.25) is 5.97 Å². The zero-order valence-corrected chi connectivity index (χ0v) is 79.9. The number of esters is 1. The summed E-state index contributed by atoms with van der Waals surface area (Å²) >= 11 is 0. The topological polar surface area (TPSA) is 461 Å². The van der Waals surface area contributed by atoms with Crippen LogP contribution < -0.4 is 58.6 Å². The number of carbonyl (C=O) groups excluding carboxylic acids is 5. The number of terminal acetylenes is 5. The van der Waals surface area contributed by atoms with Gasteiger partial charge in [-0.2, -0.15) is 0 Å². The van der Waals surface area contributed by atoms with Crippen molar-refractivity contribution in [1.82, 2.24) is 29.8 Å². The van der Waals surface area contributed by atoms with E-state index in [0.717, 1.165) is 109 Å². The fourth-order valence-electron chi connectivity index (χ4n) is 14.1. The molecular weight excluding hydrogens is 1700 g/mol. The molecule has 3 radical (unpaired) electrons. The number of methoxy groups -OCH3 is 1. The molecule has 2 N–H and O–H groups in total. The number of benzene rings is 5. The van der Waals surface area contributed by atoms with E-state index in [1.165, 1.54) is 174 Å². The van der Waals surface area contributed by atoms with Crippen molar-refractivity contribution in [2.75, 3.05) is 132 Å². The minimum Gasteiger partial charge on any atom is -0.793 e. The number of nitrogens with one attached hydrogen (secondary N) is 1. The molecule has 0 spiro atoms. The van der Waals surface area contributed by atoms with E-state index in [9.17, 15) is 24.0 Å². The van der Waals surface area contributed by atoms with E-state index in [1.807, 2.05) is 36.4 Å². The predicted molar refractivity (Wildman–Crippen MR) is 504 cm³/mol. The Balaban J connectivity index is 0.000000523. The molecule has 5 aromatic carbocycles. The number of nitrogens with zero attached hydrogens (tertiary/aromatic N) is 20. The molecule has 0 amide bonds. The smallest absolute Gasteiger partial charge is 0.793 e. The first-order valence-electron chi connectivity index (χ1n) is 42.5. The fraction of sp³-hybridized carbons (Fsp3) is 0.511. The SMILES string of the molecule is C#CCOc1ccc(C(=O)OC)cc1N=[N+]=[N-].C#CCOc1ccc(C=O)cc1N=[N+]=[N-].C#CCOc1ccc(CN2CCC(N3CCC(C)CC3)CC2)cc1N=[N+]=[N-].C#CCOc1ccc(CN2CCC(N3CCC(C)CC3)CC2)cc1N=[N+]=[N-].C#CCOc1ccc(CO)cc1N=[N+]=[N-].CC(=O)OOC(C)=O.CC1CCN(C2CCNCC2)CC1.CPC.[B-]OC(C)=O.[Na+]. The molecule has 6 saturated heterocycles. The van der Waals surface area contributed by atoms with E-state index < -0.39 is 23.9 Å². The second-order valence-corrected chi connectivity index (χ2v) is 31.4. The van der Waals surface area contributed by atoms with Gasteiger partial charge in [0.1, 0.15) is 68.1 Å². The van der Waals surface area contributed by atoms with E-state index in [-0.39, 0.29) is 86.1 Å². The van der Waals surface area contributed by atoms with Crippen LogP contribution in [-0.4, -0.2) is 218 Å². The van der Waals surface area contributed by atoms with Crippen molar-refractivity contribution in [3.8, 4) is 90.5 Å². The van der Waals surface area contributed by atoms with E-state index in [1.54, 1.807) is 24.3 Å². The molecule has 131 heavy (non-hydrogen) atoms. The summed E-state index contributed by atoms with van der Waals surface area (Å²) in [6.07, 6.45) is 42.1. The average molecular weight is 1830 g/mol. The summed E-state index contributed by atoms with van der Waals surface area (Å²) in [5.74, 6) is 14.4. The molecule has 6 aliphatic heterocycles. The van der Waals surface area contributed by atoms with Crippen molar-refractivity contribution in [3.05, 3.63) is 171 Å². The quantitative estimate of drug-likeness (QED) is 0.00523. The Morgan fingerprint density at radius 1 is 0.458 bits per heavy atom. The summed E-state index contributed by atoms with van der Waals surface area (Å²) in [7, 11) is 6.67. The third-order valence-electron chi connectivity index (χ3n) is 20.8. The van der Waals surface area contributed by atoms with Gasteiger partial charge >= 0.3 is 47.5 Å². The van der Waals surface area contributed by atoms with Gasteiger partial charge in [-0.25, -0.2) is 24.2 Å². The van der Waals surface area contributed by atoms with Gasteiger partial charge in [-0.15, -0.1) is 40.7 Å². The molecule has 0 bridgehead atoms. The Labute approximate surface area is 794 Å². The molecule has 0 atom stereocenters. The molecule has 11 rings (SSSR count). The van der Waals surface area contributed by atoms with Crippen LogP contribution >= 0.6 is 8.58 Å². The summed E-state index contributed by atoms with van der Waals surface area (Å²) in [6.45, 7) is 31.8. The van der Waals surface area contributed by atoms with Crippen LogP contribution in [0.25, 0.3) is 52.2 Å². The third-order valence-corrected chi connectivity index (χ3v) is 20.8. The van der Waals surface area contributed by atoms with Gasteiger partial charge in [0, 0.05) is 82.1 Å². The first-order chi connectivity index (χ1) is 62.9. The number of ether oxygens (including phenoxy) is 6. The first-order valence-corrected chi connectivity index (χ1v) is 44.5. The predicted octanol–water partition coefficient (Wildman–Crippen LogP) is 14.7. The molecule has 0 saturated carbocycles. The van der Waals surface area contributed by atoms with Crippen molar-refractivity contribution >= 4 is 75.2 Å². The van der Waals surface area contributed by atoms with Crippen LogP contribution in [0, 0.1) is 79.5 Å². The summed E-state index contributed by atoms with van der Waals surface area (Å²) in [6, 6.07) is 27.6. The third kappa shape index (κ3) is 47.6. The Kier molecular flexibility index (Phi) is 61.7. The maximum Gasteiger partial charge on any atom is 1.00 e. The van der Waals surface area contributed by atoms with Gasteiger partial charge in [0.15, 0.2) is 0 Å². The van der Waals surface area contributed by atoms with E-state index in [2.05, 4.69) is 171 Å². The molecular formula is C92H121BN21NaO15P. The number of rotatable bonds is 25. The fourth-order valence-corrected chi connectivity index (χ4v) is 14.1. The molecule has 36 nitrogen and oxygen atoms in total. The molecule has 0 unspecified atom stereocenters. The average Bonchev–Trinajstić information content (AvgIpc) is 0.839. The maximum atomic E-state index is 11.3. The normalized spacial score (nSPS) is 15.1. The number of likely N-dealkylation sites (tertiary alicyclic amines) is 5. The number of hydrogen-bond acceptors (Lipinski definition) is 26. The summed E-state index contributed by atoms with van der Waals surface area (Å²) in [5, 5.41) is 30.1. The Hall–Kier alpha value is -11.8. The largest absolute Gasteiger partial charge is 1.00 e. The minimum absolute atomic E-state index is 0. The maximum absolute atomic E-state index is 11.3. The van der Waals surface area contributed by atoms with E-state index in [0.29, 0.717) is 63.2 Å². The van der Waals surface area contributed by atoms with E-state index >= 15 is 0 Å². The Bertz CT molecular complexity index is 4660. The Morgan fingerprint density at radius 3 is 1.02 bits per heavy atom. The molecule has 6 heterocycles. The van der Waals surface area contributed by atoms with Crippen molar-refractivity contribution in [1.29, 1.82) is 0 Å². The molecule has 0 aromatic heterocycles. The van der Waals surface area contributed by atoms with Gasteiger partial charge in [0.25, 0.3) is 0 Å². The molecule has 0 aliphatic carbocycles. The van der Waals surface area contributed by atoms with Crippen LogP contribution in [0.2, 0.25) is 0 Å². The molecule has 39 heteroatoms. The van der Waals surface area contributed by atoms with Crippen LogP contribution in [0.4, 0.5) is 28.4 Å². The standard InChI is InChI=1S/2C21H29N5O.C11H9N3O3.C11H22N2.C10H9N3O2.C10H7N3O2.C4H6O4.C2H3BO2.C2H7P.Na/c2*1-3-14-27-21-5-4-18(15-20(21)23-24-22)16-25-10-8-19(9-11-25)26-12-6-17(2)7-13-26;1-3-6-17-10-5-4-8(11(15)16-2)7-9(10)13-14-12;1-10-4-8-13(9-5-10)11-2-6-12-7-3-11;2*1-2-5-15-10-4-3-8(7-14)6-9(10)12-13-11;1-3(5)7-8-4(2)6;1-2(4)5-3;1-3-2;/h2*1,4-5,15,17,19H,6-14,16H2,2H3;1,4-5,7H,6H2,2H3;10-12H,2-9H2,1H3;1,3-4,6,14H,5,7H2;1,3-4,6-7H,5H2;1-2H3;1H3;3H,1-2H3;/q;;;;;;;-1;;+1. The number of aliphatic hydroxyl groups is 1. The van der Waals surface area contributed by atoms with Crippen LogP contribution in [0.1, 0.15) is 156 Å². The van der Waals surface area contributed by atoms with Gasteiger partial charge in [-0.3, -0.25) is 19.4 Å². The van der Waals surface area contributed by atoms with Crippen molar-refractivity contribution in [2.24, 2.45) is 43.3 Å². The van der Waals surface area contributed by atoms with E-state index in [4.69, 9.17) is 88.6 Å². The number of aliphatic hydroxyl groups excluding tert-OH is 1. The number of hydrogen-bond donors (Lipinski definition) is 2. The monoisotopic (exact) mass is 1820 g/mol. The van der Waals surface area contributed by atoms with Crippen LogP contribution in [-0.2, 0) is 53.2 Å².